The third kappa shape index (κ3) is 2.70. The van der Waals surface area contributed by atoms with Crippen LogP contribution in [0.5, 0.6) is 5.75 Å². The summed E-state index contributed by atoms with van der Waals surface area (Å²) in [5, 5.41) is 0. The quantitative estimate of drug-likeness (QED) is 0.840. The molecule has 0 N–H and O–H groups in total. The minimum Gasteiger partial charge on any atom is -0.495 e. The number of benzene rings is 1. The molecule has 1 aliphatic rings. The summed E-state index contributed by atoms with van der Waals surface area (Å²) in [5.41, 5.74) is 1.47. The Morgan fingerprint density at radius 2 is 2.10 bits per heavy atom. The predicted octanol–water partition coefficient (Wildman–Crippen LogP) is 3.87. The molecule has 2 aromatic rings. The molecule has 5 heteroatoms. The summed E-state index contributed by atoms with van der Waals surface area (Å²) in [6.45, 7) is 0. The Morgan fingerprint density at radius 1 is 1.38 bits per heavy atom. The molecule has 0 aliphatic heterocycles. The second kappa shape index (κ2) is 5.56. The molecule has 1 aliphatic carbocycles. The number of carbonyl (C=O) groups excluding carboxylic acids is 1. The maximum atomic E-state index is 12.8. The lowest BCUT2D eigenvalue weighted by Crippen LogP contribution is -2.28. The van der Waals surface area contributed by atoms with Gasteiger partial charge in [0.05, 0.1) is 12.8 Å². The normalized spacial score (nSPS) is 14.0. The second-order valence-electron chi connectivity index (χ2n) is 5.22. The van der Waals surface area contributed by atoms with Crippen molar-refractivity contribution in [2.45, 2.75) is 18.9 Å². The van der Waals surface area contributed by atoms with Crippen LogP contribution in [-0.2, 0) is 0 Å². The van der Waals surface area contributed by atoms with Crippen LogP contribution < -0.4 is 9.64 Å². The molecule has 4 nitrogen and oxygen atoms in total. The van der Waals surface area contributed by atoms with Crippen molar-refractivity contribution >= 4 is 27.5 Å². The lowest BCUT2D eigenvalue weighted by molar-refractivity contribution is 0.0983. The lowest BCUT2D eigenvalue weighted by atomic mass is 10.2. The van der Waals surface area contributed by atoms with E-state index < -0.39 is 0 Å². The van der Waals surface area contributed by atoms with Crippen molar-refractivity contribution in [1.82, 2.24) is 4.57 Å². The predicted molar refractivity (Wildman–Crippen MR) is 86.1 cm³/mol. The van der Waals surface area contributed by atoms with E-state index in [2.05, 4.69) is 20.5 Å². The van der Waals surface area contributed by atoms with Gasteiger partial charge in [-0.15, -0.1) is 0 Å². The van der Waals surface area contributed by atoms with Crippen LogP contribution >= 0.6 is 15.9 Å². The molecule has 110 valence electrons. The number of aromatic nitrogens is 1. The summed E-state index contributed by atoms with van der Waals surface area (Å²) in [4.78, 5) is 14.4. The van der Waals surface area contributed by atoms with Gasteiger partial charge >= 0.3 is 0 Å². The van der Waals surface area contributed by atoms with Gasteiger partial charge in [0.2, 0.25) is 0 Å². The molecular formula is C16H17BrN2O2. The zero-order valence-electron chi connectivity index (χ0n) is 12.0. The van der Waals surface area contributed by atoms with Gasteiger partial charge in [0, 0.05) is 23.8 Å². The molecular weight excluding hydrogens is 332 g/mol. The van der Waals surface area contributed by atoms with Crippen molar-refractivity contribution in [3.05, 3.63) is 46.7 Å². The summed E-state index contributed by atoms with van der Waals surface area (Å²) in [7, 11) is 3.39. The highest BCUT2D eigenvalue weighted by molar-refractivity contribution is 9.10. The summed E-state index contributed by atoms with van der Waals surface area (Å²) >= 11 is 3.46. The second-order valence-corrected chi connectivity index (χ2v) is 6.13. The molecule has 1 amide bonds. The summed E-state index contributed by atoms with van der Waals surface area (Å²) < 4.78 is 8.34. The Morgan fingerprint density at radius 3 is 2.76 bits per heavy atom. The summed E-state index contributed by atoms with van der Waals surface area (Å²) in [6, 6.07) is 9.88. The highest BCUT2D eigenvalue weighted by atomic mass is 79.9. The van der Waals surface area contributed by atoms with Crippen molar-refractivity contribution in [2.75, 3.05) is 19.1 Å². The van der Waals surface area contributed by atoms with E-state index >= 15 is 0 Å². The van der Waals surface area contributed by atoms with Gasteiger partial charge in [-0.1, -0.05) is 12.1 Å². The zero-order valence-corrected chi connectivity index (χ0v) is 13.6. The van der Waals surface area contributed by atoms with E-state index in [-0.39, 0.29) is 5.91 Å². The van der Waals surface area contributed by atoms with E-state index in [1.54, 1.807) is 19.1 Å². The number of halogens is 1. The molecule has 3 rings (SSSR count). The molecule has 21 heavy (non-hydrogen) atoms. The molecule has 0 atom stereocenters. The van der Waals surface area contributed by atoms with Crippen molar-refractivity contribution in [1.29, 1.82) is 0 Å². The smallest absolute Gasteiger partial charge is 0.274 e. The largest absolute Gasteiger partial charge is 0.495 e. The van der Waals surface area contributed by atoms with Gasteiger partial charge < -0.3 is 14.2 Å². The number of ether oxygens (including phenoxy) is 1. The molecule has 1 saturated carbocycles. The highest BCUT2D eigenvalue weighted by Crippen LogP contribution is 2.38. The van der Waals surface area contributed by atoms with Gasteiger partial charge in [0.25, 0.3) is 5.91 Å². The number of anilines is 1. The molecule has 0 unspecified atom stereocenters. The Balaban J connectivity index is 1.94. The first kappa shape index (κ1) is 14.2. The first-order valence-electron chi connectivity index (χ1n) is 6.90. The van der Waals surface area contributed by atoms with Gasteiger partial charge in [-0.05, 0) is 47.0 Å². The fourth-order valence-corrected chi connectivity index (χ4v) is 2.90. The average molecular weight is 349 g/mol. The Hall–Kier alpha value is -1.75. The lowest BCUT2D eigenvalue weighted by Gasteiger charge is -2.20. The summed E-state index contributed by atoms with van der Waals surface area (Å²) in [6.07, 6.45) is 4.26. The van der Waals surface area contributed by atoms with E-state index in [9.17, 15) is 4.79 Å². The van der Waals surface area contributed by atoms with Crippen LogP contribution in [0.4, 0.5) is 5.69 Å². The average Bonchev–Trinajstić information content (AvgIpc) is 3.28. The van der Waals surface area contributed by atoms with E-state index in [0.717, 1.165) is 23.0 Å². The number of carbonyl (C=O) groups is 1. The van der Waals surface area contributed by atoms with E-state index in [0.29, 0.717) is 17.5 Å². The first-order valence-corrected chi connectivity index (χ1v) is 7.69. The van der Waals surface area contributed by atoms with Gasteiger partial charge in [-0.2, -0.15) is 0 Å². The molecule has 0 spiro atoms. The van der Waals surface area contributed by atoms with E-state index in [1.807, 2.05) is 36.5 Å². The summed E-state index contributed by atoms with van der Waals surface area (Å²) in [5.74, 6) is 0.661. The minimum atomic E-state index is -0.0305. The van der Waals surface area contributed by atoms with Crippen LogP contribution in [0.1, 0.15) is 29.4 Å². The van der Waals surface area contributed by atoms with Crippen molar-refractivity contribution < 1.29 is 9.53 Å². The van der Waals surface area contributed by atoms with Gasteiger partial charge in [0.15, 0.2) is 0 Å². The topological polar surface area (TPSA) is 34.5 Å². The SMILES string of the molecule is COc1ccccc1N(C)C(=O)c1cc(Br)cn1C1CC1. The van der Waals surface area contributed by atoms with Crippen LogP contribution in [0.3, 0.4) is 0 Å². The molecule has 0 radical (unpaired) electrons. The molecule has 0 bridgehead atoms. The van der Waals surface area contributed by atoms with Crippen molar-refractivity contribution in [3.63, 3.8) is 0 Å². The van der Waals surface area contributed by atoms with Crippen molar-refractivity contribution in [3.8, 4) is 5.75 Å². The van der Waals surface area contributed by atoms with Gasteiger partial charge in [-0.25, -0.2) is 0 Å². The maximum absolute atomic E-state index is 12.8. The fraction of sp³-hybridized carbons (Fsp3) is 0.312. The Labute approximate surface area is 132 Å². The molecule has 1 fully saturated rings. The van der Waals surface area contributed by atoms with Crippen LogP contribution in [0.15, 0.2) is 41.0 Å². The number of rotatable bonds is 4. The van der Waals surface area contributed by atoms with E-state index in [1.165, 1.54) is 0 Å². The fourth-order valence-electron chi connectivity index (χ4n) is 2.46. The number of para-hydroxylation sites is 2. The number of amides is 1. The molecule has 1 aromatic carbocycles. The van der Waals surface area contributed by atoms with Crippen molar-refractivity contribution in [2.24, 2.45) is 0 Å². The highest BCUT2D eigenvalue weighted by Gasteiger charge is 2.29. The van der Waals surface area contributed by atoms with Gasteiger partial charge in [-0.3, -0.25) is 4.79 Å². The standard InChI is InChI=1S/C16H17BrN2O2/c1-18(13-5-3-4-6-15(13)21-2)16(20)14-9-11(17)10-19(14)12-7-8-12/h3-6,9-10,12H,7-8H2,1-2H3. The molecule has 1 heterocycles. The van der Waals surface area contributed by atoms with Gasteiger partial charge in [0.1, 0.15) is 11.4 Å². The number of hydrogen-bond acceptors (Lipinski definition) is 2. The van der Waals surface area contributed by atoms with Crippen LogP contribution in [0.2, 0.25) is 0 Å². The first-order chi connectivity index (χ1) is 10.1. The third-order valence-corrected chi connectivity index (χ3v) is 4.16. The van der Waals surface area contributed by atoms with Crippen LogP contribution in [-0.4, -0.2) is 24.6 Å². The monoisotopic (exact) mass is 348 g/mol. The van der Waals surface area contributed by atoms with E-state index in [4.69, 9.17) is 4.74 Å². The number of methoxy groups -OCH3 is 1. The Bertz CT molecular complexity index is 677. The molecule has 0 saturated heterocycles. The zero-order chi connectivity index (χ0) is 15.0. The number of nitrogens with zero attached hydrogens (tertiary/aromatic N) is 2. The minimum absolute atomic E-state index is 0.0305. The number of hydrogen-bond donors (Lipinski definition) is 0. The maximum Gasteiger partial charge on any atom is 0.274 e. The molecule has 1 aromatic heterocycles. The van der Waals surface area contributed by atoms with Crippen LogP contribution in [0, 0.1) is 0 Å². The Kier molecular flexibility index (Phi) is 3.76. The van der Waals surface area contributed by atoms with Crippen LogP contribution in [0.25, 0.3) is 0 Å². The third-order valence-electron chi connectivity index (χ3n) is 3.73.